The van der Waals surface area contributed by atoms with Crippen LogP contribution in [0.1, 0.15) is 0 Å². The first-order valence-electron chi connectivity index (χ1n) is 0. The molecule has 3 nitrogen and oxygen atoms in total. The summed E-state index contributed by atoms with van der Waals surface area (Å²) < 4.78 is 0. The quantitative estimate of drug-likeness (QED) is 0.453. The third-order valence-corrected chi connectivity index (χ3v) is 0. The maximum atomic E-state index is 0. The van der Waals surface area contributed by atoms with E-state index in [1.165, 1.54) is 0 Å². The molecular weight excluding hydrogens is 362 g/mol. The van der Waals surface area contributed by atoms with E-state index in [0.29, 0.717) is 0 Å². The van der Waals surface area contributed by atoms with E-state index in [9.17, 15) is 0 Å². The Morgan fingerprint density at radius 3 is 0.400 bits per heavy atom. The van der Waals surface area contributed by atoms with Crippen molar-refractivity contribution in [2.45, 2.75) is 0 Å². The average Bonchev–Trinajstić information content (AvgIpc) is 0. The third kappa shape index (κ3) is 20.9. The van der Waals surface area contributed by atoms with Gasteiger partial charge in [-0.3, -0.25) is 0 Å². The Bertz CT molecular complexity index is 4.85. The van der Waals surface area contributed by atoms with Crippen LogP contribution in [-0.2, 0) is 0 Å². The minimum absolute atomic E-state index is 0. The van der Waals surface area contributed by atoms with Crippen molar-refractivity contribution in [3.05, 3.63) is 0 Å². The number of hydrogen-bond acceptors (Lipinski definition) is 0. The van der Waals surface area contributed by atoms with E-state index < -0.39 is 0 Å². The van der Waals surface area contributed by atoms with Crippen LogP contribution in [-0.4, -0.2) is 16.4 Å². The second kappa shape index (κ2) is 31.2. The minimum Gasteiger partial charge on any atom is -0.412 e. The van der Waals surface area contributed by atoms with E-state index in [2.05, 4.69) is 0 Å². The summed E-state index contributed by atoms with van der Waals surface area (Å²) in [5.41, 5.74) is 0. The van der Waals surface area contributed by atoms with Gasteiger partial charge in [0.1, 0.15) is 0 Å². The summed E-state index contributed by atoms with van der Waals surface area (Å²) in [5.74, 6) is 0. The van der Waals surface area contributed by atoms with Crippen molar-refractivity contribution >= 4 is 0 Å². The first-order chi connectivity index (χ1) is 0. The van der Waals surface area contributed by atoms with Crippen LogP contribution in [0.2, 0.25) is 0 Å². The van der Waals surface area contributed by atoms with Crippen LogP contribution >= 0.6 is 0 Å². The van der Waals surface area contributed by atoms with Gasteiger partial charge in [0.25, 0.3) is 0 Å². The van der Waals surface area contributed by atoms with Gasteiger partial charge < -0.3 is 16.4 Å². The molecule has 0 aliphatic carbocycles. The Morgan fingerprint density at radius 2 is 0.400 bits per heavy atom. The van der Waals surface area contributed by atoms with E-state index in [-0.39, 0.29) is 96.3 Å². The Labute approximate surface area is 94.2 Å². The molecule has 0 aromatic carbocycles. The SMILES string of the molecule is O.O.O.[Gd].[Gd]. The van der Waals surface area contributed by atoms with E-state index in [0.717, 1.165) is 0 Å². The fraction of sp³-hybridized carbons (Fsp3) is 0. The zero-order chi connectivity index (χ0) is 0. The molecule has 0 aliphatic heterocycles. The van der Waals surface area contributed by atoms with Crippen molar-refractivity contribution in [3.8, 4) is 0 Å². The average molecular weight is 369 g/mol. The normalized spacial score (nSPS) is 0. The van der Waals surface area contributed by atoms with Crippen LogP contribution in [0.3, 0.4) is 0 Å². The molecular formula is H6Gd2O3. The van der Waals surface area contributed by atoms with Crippen molar-refractivity contribution in [2.75, 3.05) is 0 Å². The Balaban J connectivity index is 0. The molecule has 0 bridgehead atoms. The van der Waals surface area contributed by atoms with E-state index >= 15 is 0 Å². The van der Waals surface area contributed by atoms with Crippen LogP contribution in [0.4, 0.5) is 0 Å². The predicted molar refractivity (Wildman–Crippen MR) is 10.8 cm³/mol. The summed E-state index contributed by atoms with van der Waals surface area (Å²) in [4.78, 5) is 0. The molecule has 6 N–H and O–H groups in total. The van der Waals surface area contributed by atoms with Crippen LogP contribution < -0.4 is 0 Å². The van der Waals surface area contributed by atoms with E-state index in [1.54, 1.807) is 0 Å². The second-order valence-corrected chi connectivity index (χ2v) is 0. The second-order valence-electron chi connectivity index (χ2n) is 0. The monoisotopic (exact) mass is 370 g/mol. The molecule has 0 unspecified atom stereocenters. The van der Waals surface area contributed by atoms with Crippen LogP contribution in [0.15, 0.2) is 0 Å². The molecule has 0 spiro atoms. The number of rotatable bonds is 0. The molecule has 0 atom stereocenters. The van der Waals surface area contributed by atoms with Gasteiger partial charge in [0.15, 0.2) is 0 Å². The van der Waals surface area contributed by atoms with Crippen molar-refractivity contribution in [3.63, 3.8) is 0 Å². The zero-order valence-corrected chi connectivity index (χ0v) is 6.74. The Hall–Kier alpha value is 2.53. The molecule has 5 heavy (non-hydrogen) atoms. The molecule has 0 radical (unpaired) electrons. The maximum Gasteiger partial charge on any atom is 0 e. The Morgan fingerprint density at radius 1 is 0.400 bits per heavy atom. The van der Waals surface area contributed by atoms with E-state index in [1.807, 2.05) is 0 Å². The maximum absolute atomic E-state index is 0. The molecule has 0 aromatic rings. The fourth-order valence-corrected chi connectivity index (χ4v) is 0. The molecule has 0 saturated heterocycles. The van der Waals surface area contributed by atoms with Crippen LogP contribution in [0.5, 0.6) is 0 Å². The predicted octanol–water partition coefficient (Wildman–Crippen LogP) is -2.47. The van der Waals surface area contributed by atoms with Gasteiger partial charge in [-0.25, -0.2) is 0 Å². The molecule has 0 amide bonds. The minimum atomic E-state index is 0. The first-order valence-corrected chi connectivity index (χ1v) is 0. The molecule has 0 rings (SSSR count). The van der Waals surface area contributed by atoms with Crippen LogP contribution in [0, 0.1) is 79.9 Å². The van der Waals surface area contributed by atoms with Gasteiger partial charge in [-0.1, -0.05) is 0 Å². The van der Waals surface area contributed by atoms with Crippen molar-refractivity contribution < 1.29 is 96.3 Å². The molecule has 0 heterocycles. The van der Waals surface area contributed by atoms with Crippen LogP contribution in [0.25, 0.3) is 0 Å². The summed E-state index contributed by atoms with van der Waals surface area (Å²) in [6.45, 7) is 0. The van der Waals surface area contributed by atoms with Gasteiger partial charge in [-0.05, 0) is 0 Å². The van der Waals surface area contributed by atoms with E-state index in [4.69, 9.17) is 0 Å². The fourth-order valence-electron chi connectivity index (χ4n) is 0. The van der Waals surface area contributed by atoms with Gasteiger partial charge in [-0.2, -0.15) is 0 Å². The van der Waals surface area contributed by atoms with Crippen molar-refractivity contribution in [1.82, 2.24) is 0 Å². The zero-order valence-electron chi connectivity index (χ0n) is 2.21. The molecule has 0 saturated carbocycles. The van der Waals surface area contributed by atoms with Gasteiger partial charge in [0, 0.05) is 79.9 Å². The first kappa shape index (κ1) is 50.2. The topological polar surface area (TPSA) is 94.5 Å². The van der Waals surface area contributed by atoms with Gasteiger partial charge in [0.05, 0.1) is 0 Å². The standard InChI is InChI=1S/2Gd.3H2O/h;;3*1H2. The summed E-state index contributed by atoms with van der Waals surface area (Å²) in [6.07, 6.45) is 0. The summed E-state index contributed by atoms with van der Waals surface area (Å²) in [7, 11) is 0. The molecule has 40 valence electrons. The summed E-state index contributed by atoms with van der Waals surface area (Å²) in [5, 5.41) is 0. The Kier molecular flexibility index (Phi) is 313. The van der Waals surface area contributed by atoms with Gasteiger partial charge in [0.2, 0.25) is 0 Å². The number of hydrogen-bond donors (Lipinski definition) is 0. The summed E-state index contributed by atoms with van der Waals surface area (Å²) in [6, 6.07) is 0. The smallest absolute Gasteiger partial charge is 0 e. The largest absolute Gasteiger partial charge is 0.412 e. The van der Waals surface area contributed by atoms with Crippen molar-refractivity contribution in [1.29, 1.82) is 0 Å². The van der Waals surface area contributed by atoms with Gasteiger partial charge in [-0.15, -0.1) is 0 Å². The summed E-state index contributed by atoms with van der Waals surface area (Å²) >= 11 is 0. The molecule has 0 aliphatic rings. The molecule has 0 fully saturated rings. The van der Waals surface area contributed by atoms with Crippen molar-refractivity contribution in [2.24, 2.45) is 0 Å². The third-order valence-electron chi connectivity index (χ3n) is 0. The molecule has 0 aromatic heterocycles. The molecule has 5 heteroatoms. The van der Waals surface area contributed by atoms with Gasteiger partial charge >= 0.3 is 0 Å².